The number of hydrogen-bond acceptors (Lipinski definition) is 4. The number of nitrogens with zero attached hydrogens (tertiary/aromatic N) is 1. The van der Waals surface area contributed by atoms with Gasteiger partial charge in [-0.2, -0.15) is 0 Å². The van der Waals surface area contributed by atoms with Crippen molar-refractivity contribution in [2.45, 2.75) is 18.7 Å². The van der Waals surface area contributed by atoms with Gasteiger partial charge in [0.15, 0.2) is 9.84 Å². The quantitative estimate of drug-likeness (QED) is 0.791. The number of sulfone groups is 1. The number of rotatable bonds is 5. The topological polar surface area (TPSA) is 63.4 Å². The summed E-state index contributed by atoms with van der Waals surface area (Å²) in [5, 5.41) is 0. The third-order valence-corrected chi connectivity index (χ3v) is 4.18. The predicted octanol–water partition coefficient (Wildman–Crippen LogP) is 1.34. The van der Waals surface area contributed by atoms with E-state index in [-0.39, 0.29) is 5.88 Å². The summed E-state index contributed by atoms with van der Waals surface area (Å²) in [6.45, 7) is 5.35. The molecule has 2 N–H and O–H groups in total. The van der Waals surface area contributed by atoms with E-state index in [0.29, 0.717) is 10.6 Å². The number of benzene rings is 1. The van der Waals surface area contributed by atoms with Crippen molar-refractivity contribution >= 4 is 15.5 Å². The smallest absolute Gasteiger partial charge is 0.191 e. The summed E-state index contributed by atoms with van der Waals surface area (Å²) in [5.41, 5.74) is 6.09. The summed E-state index contributed by atoms with van der Waals surface area (Å²) in [6, 6.07) is 6.31. The molecule has 0 bridgehead atoms. The molecule has 16 heavy (non-hydrogen) atoms. The average Bonchev–Trinajstić information content (AvgIpc) is 2.26. The van der Waals surface area contributed by atoms with Gasteiger partial charge in [0.2, 0.25) is 0 Å². The maximum Gasteiger partial charge on any atom is 0.191 e. The van der Waals surface area contributed by atoms with Gasteiger partial charge in [-0.1, -0.05) is 13.8 Å². The number of hydrogen-bond donors (Lipinski definition) is 1. The first kappa shape index (κ1) is 13.0. The summed E-state index contributed by atoms with van der Waals surface area (Å²) in [4.78, 5) is 2.19. The highest BCUT2D eigenvalue weighted by Crippen LogP contribution is 2.14. The van der Waals surface area contributed by atoms with Crippen LogP contribution in [0.1, 0.15) is 13.8 Å². The number of nitrogen functional groups attached to an aromatic ring is 1. The van der Waals surface area contributed by atoms with Crippen molar-refractivity contribution in [1.82, 2.24) is 4.90 Å². The predicted molar refractivity (Wildman–Crippen MR) is 65.8 cm³/mol. The van der Waals surface area contributed by atoms with Crippen LogP contribution in [0, 0.1) is 0 Å². The first-order valence-electron chi connectivity index (χ1n) is 5.30. The Bertz CT molecular complexity index is 422. The van der Waals surface area contributed by atoms with Crippen LogP contribution < -0.4 is 5.73 Å². The molecule has 0 radical (unpaired) electrons. The first-order chi connectivity index (χ1) is 7.49. The maximum atomic E-state index is 12.0. The van der Waals surface area contributed by atoms with E-state index in [1.54, 1.807) is 24.3 Å². The number of nitrogens with two attached hydrogens (primary N) is 1. The van der Waals surface area contributed by atoms with Crippen LogP contribution in [0.15, 0.2) is 29.2 Å². The minimum absolute atomic E-state index is 0.0594. The third-order valence-electron chi connectivity index (χ3n) is 2.49. The normalized spacial score (nSPS) is 11.9. The Kier molecular flexibility index (Phi) is 4.32. The van der Waals surface area contributed by atoms with Crippen molar-refractivity contribution in [1.29, 1.82) is 0 Å². The lowest BCUT2D eigenvalue weighted by atomic mass is 10.3. The zero-order valence-corrected chi connectivity index (χ0v) is 10.5. The molecular formula is C11H18N2O2S. The van der Waals surface area contributed by atoms with Crippen LogP contribution in [0.5, 0.6) is 0 Å². The summed E-state index contributed by atoms with van der Waals surface area (Å²) in [7, 11) is -3.23. The van der Waals surface area contributed by atoms with E-state index in [1.165, 1.54) is 0 Å². The number of anilines is 1. The Morgan fingerprint density at radius 2 is 1.62 bits per heavy atom. The van der Waals surface area contributed by atoms with Crippen LogP contribution in [0.4, 0.5) is 5.69 Å². The Balaban J connectivity index is 2.89. The van der Waals surface area contributed by atoms with E-state index in [1.807, 2.05) is 18.7 Å². The van der Waals surface area contributed by atoms with Crippen LogP contribution in [0.25, 0.3) is 0 Å². The Morgan fingerprint density at radius 3 is 2.06 bits per heavy atom. The summed E-state index contributed by atoms with van der Waals surface area (Å²) in [5.74, 6) is 0.0594. The fraction of sp³-hybridized carbons (Fsp3) is 0.455. The molecular weight excluding hydrogens is 224 g/mol. The lowest BCUT2D eigenvalue weighted by Gasteiger charge is -2.17. The lowest BCUT2D eigenvalue weighted by molar-refractivity contribution is 0.348. The molecule has 0 aliphatic carbocycles. The van der Waals surface area contributed by atoms with Crippen molar-refractivity contribution < 1.29 is 8.42 Å². The molecule has 0 atom stereocenters. The zero-order chi connectivity index (χ0) is 12.2. The highest BCUT2D eigenvalue weighted by molar-refractivity contribution is 7.91. The van der Waals surface area contributed by atoms with Crippen molar-refractivity contribution in [3.05, 3.63) is 24.3 Å². The second-order valence-corrected chi connectivity index (χ2v) is 5.58. The lowest BCUT2D eigenvalue weighted by Crippen LogP contribution is -2.29. The summed E-state index contributed by atoms with van der Waals surface area (Å²) >= 11 is 0. The maximum absolute atomic E-state index is 12.0. The van der Waals surface area contributed by atoms with E-state index in [9.17, 15) is 8.42 Å². The van der Waals surface area contributed by atoms with Crippen LogP contribution in [-0.4, -0.2) is 32.3 Å². The Hall–Kier alpha value is -1.07. The fourth-order valence-electron chi connectivity index (χ4n) is 1.40. The van der Waals surface area contributed by atoms with E-state index >= 15 is 0 Å². The van der Waals surface area contributed by atoms with Crippen molar-refractivity contribution in [3.8, 4) is 0 Å². The molecule has 0 saturated carbocycles. The molecule has 0 amide bonds. The molecule has 0 unspecified atom stereocenters. The molecule has 0 saturated heterocycles. The molecule has 90 valence electrons. The van der Waals surface area contributed by atoms with Crippen LogP contribution >= 0.6 is 0 Å². The SMILES string of the molecule is CCN(CC)CS(=O)(=O)c1ccc(N)cc1. The molecule has 5 heteroatoms. The van der Waals surface area contributed by atoms with Gasteiger partial charge in [0.1, 0.15) is 5.88 Å². The van der Waals surface area contributed by atoms with Gasteiger partial charge >= 0.3 is 0 Å². The summed E-state index contributed by atoms with van der Waals surface area (Å²) in [6.07, 6.45) is 0. The van der Waals surface area contributed by atoms with Gasteiger partial charge in [-0.15, -0.1) is 0 Å². The molecule has 1 aromatic rings. The molecule has 0 spiro atoms. The van der Waals surface area contributed by atoms with E-state index in [4.69, 9.17) is 5.73 Å². The second kappa shape index (κ2) is 5.32. The van der Waals surface area contributed by atoms with Gasteiger partial charge in [0, 0.05) is 5.69 Å². The van der Waals surface area contributed by atoms with E-state index in [2.05, 4.69) is 0 Å². The van der Waals surface area contributed by atoms with Crippen LogP contribution in [-0.2, 0) is 9.84 Å². The van der Waals surface area contributed by atoms with Gasteiger partial charge in [0.05, 0.1) is 4.90 Å². The molecule has 0 fully saturated rings. The second-order valence-electron chi connectivity index (χ2n) is 3.62. The third kappa shape index (κ3) is 3.21. The highest BCUT2D eigenvalue weighted by Gasteiger charge is 2.17. The first-order valence-corrected chi connectivity index (χ1v) is 6.95. The minimum Gasteiger partial charge on any atom is -0.399 e. The average molecular weight is 242 g/mol. The minimum atomic E-state index is -3.23. The van der Waals surface area contributed by atoms with Crippen LogP contribution in [0.2, 0.25) is 0 Å². The summed E-state index contributed by atoms with van der Waals surface area (Å²) < 4.78 is 24.0. The Morgan fingerprint density at radius 1 is 1.12 bits per heavy atom. The molecule has 0 heterocycles. The molecule has 1 aromatic carbocycles. The fourth-order valence-corrected chi connectivity index (χ4v) is 2.94. The van der Waals surface area contributed by atoms with Gasteiger partial charge in [0.25, 0.3) is 0 Å². The van der Waals surface area contributed by atoms with Crippen molar-refractivity contribution in [2.75, 3.05) is 24.7 Å². The van der Waals surface area contributed by atoms with Gasteiger partial charge in [-0.05, 0) is 37.4 Å². The molecule has 0 aliphatic rings. The van der Waals surface area contributed by atoms with Crippen LogP contribution in [0.3, 0.4) is 0 Å². The Labute approximate surface area is 97.0 Å². The van der Waals surface area contributed by atoms with Crippen molar-refractivity contribution in [2.24, 2.45) is 0 Å². The van der Waals surface area contributed by atoms with Crippen molar-refractivity contribution in [3.63, 3.8) is 0 Å². The van der Waals surface area contributed by atoms with E-state index < -0.39 is 9.84 Å². The van der Waals surface area contributed by atoms with Gasteiger partial charge in [-0.25, -0.2) is 8.42 Å². The molecule has 4 nitrogen and oxygen atoms in total. The zero-order valence-electron chi connectivity index (χ0n) is 9.68. The van der Waals surface area contributed by atoms with E-state index in [0.717, 1.165) is 13.1 Å². The van der Waals surface area contributed by atoms with Gasteiger partial charge in [-0.3, -0.25) is 4.90 Å². The highest BCUT2D eigenvalue weighted by atomic mass is 32.2. The standard InChI is InChI=1S/C11H18N2O2S/c1-3-13(4-2)9-16(14,15)11-7-5-10(12)6-8-11/h5-8H,3-4,9,12H2,1-2H3. The molecule has 0 aliphatic heterocycles. The largest absolute Gasteiger partial charge is 0.399 e. The molecule has 0 aromatic heterocycles. The van der Waals surface area contributed by atoms with Gasteiger partial charge < -0.3 is 5.73 Å². The molecule has 1 rings (SSSR count). The monoisotopic (exact) mass is 242 g/mol.